The first-order valence-electron chi connectivity index (χ1n) is 10.2. The number of amides is 1. The Morgan fingerprint density at radius 2 is 2.21 bits per heavy atom. The van der Waals surface area contributed by atoms with E-state index in [1.807, 2.05) is 0 Å². The third kappa shape index (κ3) is 2.90. The number of carbonyl (C=O) groups excluding carboxylic acids is 2. The molecule has 2 saturated heterocycles. The molecule has 1 aromatic rings. The van der Waals surface area contributed by atoms with Gasteiger partial charge in [-0.2, -0.15) is 0 Å². The summed E-state index contributed by atoms with van der Waals surface area (Å²) in [6.07, 6.45) is 3.77. The summed E-state index contributed by atoms with van der Waals surface area (Å²) < 4.78 is 10.2. The summed E-state index contributed by atoms with van der Waals surface area (Å²) in [6, 6.07) is 5.02. The summed E-state index contributed by atoms with van der Waals surface area (Å²) in [5.74, 6) is -0.0291. The van der Waals surface area contributed by atoms with Gasteiger partial charge < -0.3 is 19.9 Å². The molecular weight excluding hydrogens is 372 g/mol. The Hall–Kier alpha value is -2.54. The largest absolute Gasteiger partial charge is 0.508 e. The molecule has 1 spiro atoms. The molecule has 3 heterocycles. The van der Waals surface area contributed by atoms with Crippen molar-refractivity contribution in [3.8, 4) is 5.75 Å². The van der Waals surface area contributed by atoms with Crippen LogP contribution in [0.25, 0.3) is 0 Å². The van der Waals surface area contributed by atoms with Crippen LogP contribution in [-0.2, 0) is 24.5 Å². The molecule has 3 aliphatic heterocycles. The highest BCUT2D eigenvalue weighted by Gasteiger charge is 2.60. The molecule has 2 fully saturated rings. The number of anilines is 1. The smallest absolute Gasteiger partial charge is 0.337 e. The van der Waals surface area contributed by atoms with Gasteiger partial charge in [-0.1, -0.05) is 13.3 Å². The van der Waals surface area contributed by atoms with E-state index in [4.69, 9.17) is 9.47 Å². The molecule has 4 atom stereocenters. The van der Waals surface area contributed by atoms with Gasteiger partial charge in [-0.05, 0) is 55.0 Å². The molecular formula is C22H28N2O5. The number of esters is 1. The number of phenols is 1. The second-order valence-electron chi connectivity index (χ2n) is 8.23. The van der Waals surface area contributed by atoms with Crippen molar-refractivity contribution in [2.24, 2.45) is 11.8 Å². The number of phenolic OH excluding ortho intramolecular Hbond substituents is 1. The summed E-state index contributed by atoms with van der Waals surface area (Å²) in [5.41, 5.74) is 1.45. The minimum Gasteiger partial charge on any atom is -0.508 e. The van der Waals surface area contributed by atoms with Crippen molar-refractivity contribution in [2.45, 2.75) is 37.6 Å². The molecule has 1 aromatic carbocycles. The van der Waals surface area contributed by atoms with Crippen LogP contribution in [0.5, 0.6) is 5.75 Å². The molecule has 1 amide bonds. The maximum absolute atomic E-state index is 13.2. The second kappa shape index (κ2) is 7.37. The van der Waals surface area contributed by atoms with Gasteiger partial charge in [0.2, 0.25) is 5.91 Å². The molecule has 0 radical (unpaired) electrons. The van der Waals surface area contributed by atoms with Gasteiger partial charge in [0.25, 0.3) is 0 Å². The van der Waals surface area contributed by atoms with Gasteiger partial charge in [0, 0.05) is 18.3 Å². The van der Waals surface area contributed by atoms with Crippen LogP contribution in [0.3, 0.4) is 0 Å². The van der Waals surface area contributed by atoms with E-state index < -0.39 is 5.41 Å². The van der Waals surface area contributed by atoms with Crippen LogP contribution in [0, 0.1) is 11.8 Å². The molecule has 0 aromatic heterocycles. The highest BCUT2D eigenvalue weighted by molar-refractivity contribution is 6.07. The number of benzene rings is 1. The Morgan fingerprint density at radius 3 is 2.90 bits per heavy atom. The summed E-state index contributed by atoms with van der Waals surface area (Å²) in [6.45, 7) is 3.76. The van der Waals surface area contributed by atoms with Gasteiger partial charge in [0.15, 0.2) is 0 Å². The second-order valence-corrected chi connectivity index (χ2v) is 8.23. The van der Waals surface area contributed by atoms with Crippen molar-refractivity contribution >= 4 is 17.6 Å². The van der Waals surface area contributed by atoms with Gasteiger partial charge in [-0.15, -0.1) is 0 Å². The number of carbonyl (C=O) groups is 2. The average molecular weight is 400 g/mol. The number of hydrogen-bond donors (Lipinski definition) is 2. The minimum absolute atomic E-state index is 0.0189. The molecule has 4 rings (SSSR count). The Balaban J connectivity index is 1.76. The first-order chi connectivity index (χ1) is 14.0. The van der Waals surface area contributed by atoms with Crippen molar-refractivity contribution < 1.29 is 24.2 Å². The molecule has 0 aliphatic carbocycles. The van der Waals surface area contributed by atoms with Crippen molar-refractivity contribution in [3.63, 3.8) is 0 Å². The van der Waals surface area contributed by atoms with E-state index in [1.165, 1.54) is 20.5 Å². The molecule has 0 saturated carbocycles. The summed E-state index contributed by atoms with van der Waals surface area (Å²) in [5, 5.41) is 13.1. The van der Waals surface area contributed by atoms with Crippen LogP contribution in [0.1, 0.15) is 31.7 Å². The fourth-order valence-corrected chi connectivity index (χ4v) is 5.66. The highest BCUT2D eigenvalue weighted by Crippen LogP contribution is 2.53. The average Bonchev–Trinajstić information content (AvgIpc) is 3.23. The number of nitrogens with one attached hydrogen (secondary N) is 1. The van der Waals surface area contributed by atoms with E-state index in [2.05, 4.69) is 17.1 Å². The van der Waals surface area contributed by atoms with Gasteiger partial charge in [-0.25, -0.2) is 4.79 Å². The number of hydrogen-bond acceptors (Lipinski definition) is 6. The molecule has 0 bridgehead atoms. The lowest BCUT2D eigenvalue weighted by Crippen LogP contribution is -2.53. The standard InChI is InChI=1S/C22H28N2O5/c1-4-13-11-24-8-7-22(17-9-14(25)5-6-18(17)23-21(22)27)19(24)10-15(13)16(12-28-2)20(26)29-3/h5-6,9,12-13,15,19,25H,4,7-8,10-11H2,1-3H3,(H,23,27). The summed E-state index contributed by atoms with van der Waals surface area (Å²) in [7, 11) is 2.90. The fourth-order valence-electron chi connectivity index (χ4n) is 5.66. The van der Waals surface area contributed by atoms with Crippen LogP contribution in [0.15, 0.2) is 30.0 Å². The van der Waals surface area contributed by atoms with E-state index in [9.17, 15) is 14.7 Å². The zero-order valence-corrected chi connectivity index (χ0v) is 17.1. The Bertz CT molecular complexity index is 867. The zero-order valence-electron chi connectivity index (χ0n) is 17.1. The SMILES string of the molecule is CCC1CN2CCC3(C(=O)Nc4ccc(O)cc43)C2CC1C(=COC)C(=O)OC. The Labute approximate surface area is 170 Å². The quantitative estimate of drug-likeness (QED) is 0.349. The van der Waals surface area contributed by atoms with E-state index in [1.54, 1.807) is 18.2 Å². The molecule has 156 valence electrons. The predicted octanol–water partition coefficient (Wildman–Crippen LogP) is 2.41. The Morgan fingerprint density at radius 1 is 1.41 bits per heavy atom. The number of rotatable bonds is 4. The highest BCUT2D eigenvalue weighted by atomic mass is 16.5. The molecule has 7 nitrogen and oxygen atoms in total. The monoisotopic (exact) mass is 400 g/mol. The van der Waals surface area contributed by atoms with Crippen molar-refractivity contribution in [3.05, 3.63) is 35.6 Å². The predicted molar refractivity (Wildman–Crippen MR) is 107 cm³/mol. The van der Waals surface area contributed by atoms with Crippen molar-refractivity contribution in [1.82, 2.24) is 4.90 Å². The normalized spacial score (nSPS) is 31.3. The number of ether oxygens (including phenoxy) is 2. The molecule has 7 heteroatoms. The molecule has 2 N–H and O–H groups in total. The third-order valence-corrected chi connectivity index (χ3v) is 7.05. The number of aromatic hydroxyl groups is 1. The van der Waals surface area contributed by atoms with Crippen molar-refractivity contribution in [2.75, 3.05) is 32.6 Å². The van der Waals surface area contributed by atoms with E-state index in [-0.39, 0.29) is 35.5 Å². The first-order valence-corrected chi connectivity index (χ1v) is 10.2. The van der Waals surface area contributed by atoms with E-state index >= 15 is 0 Å². The van der Waals surface area contributed by atoms with Crippen LogP contribution in [0.4, 0.5) is 5.69 Å². The first kappa shape index (κ1) is 19.8. The van der Waals surface area contributed by atoms with Crippen LogP contribution >= 0.6 is 0 Å². The zero-order chi connectivity index (χ0) is 20.8. The lowest BCUT2D eigenvalue weighted by Gasteiger charge is -2.45. The van der Waals surface area contributed by atoms with E-state index in [0.717, 1.165) is 30.8 Å². The summed E-state index contributed by atoms with van der Waals surface area (Å²) in [4.78, 5) is 28.1. The van der Waals surface area contributed by atoms with Crippen LogP contribution in [-0.4, -0.2) is 55.2 Å². The topological polar surface area (TPSA) is 88.1 Å². The lowest BCUT2D eigenvalue weighted by atomic mass is 9.67. The van der Waals surface area contributed by atoms with Gasteiger partial charge in [0.1, 0.15) is 5.75 Å². The molecule has 3 aliphatic rings. The lowest BCUT2D eigenvalue weighted by molar-refractivity contribution is -0.137. The number of fused-ring (bicyclic) bond motifs is 4. The minimum atomic E-state index is -0.709. The van der Waals surface area contributed by atoms with E-state index in [0.29, 0.717) is 18.4 Å². The molecule has 4 unspecified atom stereocenters. The van der Waals surface area contributed by atoms with Crippen molar-refractivity contribution in [1.29, 1.82) is 0 Å². The van der Waals surface area contributed by atoms with Gasteiger partial charge in [-0.3, -0.25) is 9.69 Å². The summed E-state index contributed by atoms with van der Waals surface area (Å²) >= 11 is 0. The molecule has 29 heavy (non-hydrogen) atoms. The van der Waals surface area contributed by atoms with Gasteiger partial charge >= 0.3 is 5.97 Å². The Kier molecular flexibility index (Phi) is 5.02. The number of nitrogens with zero attached hydrogens (tertiary/aromatic N) is 1. The fraction of sp³-hybridized carbons (Fsp3) is 0.545. The number of piperidine rings is 1. The van der Waals surface area contributed by atoms with Crippen LogP contribution in [0.2, 0.25) is 0 Å². The maximum Gasteiger partial charge on any atom is 0.337 e. The third-order valence-electron chi connectivity index (χ3n) is 7.05. The maximum atomic E-state index is 13.2. The van der Waals surface area contributed by atoms with Crippen LogP contribution < -0.4 is 5.32 Å². The number of methoxy groups -OCH3 is 2. The van der Waals surface area contributed by atoms with Gasteiger partial charge in [0.05, 0.1) is 31.5 Å².